The first kappa shape index (κ1) is 16.1. The first-order valence-electron chi connectivity index (χ1n) is 7.85. The number of fused-ring (bicyclic) bond motifs is 3. The van der Waals surface area contributed by atoms with Crippen LogP contribution in [0.25, 0.3) is 10.2 Å². The minimum atomic E-state index is -0.0712. The number of thiophene rings is 1. The van der Waals surface area contributed by atoms with Crippen molar-refractivity contribution in [1.29, 1.82) is 0 Å². The molecule has 0 saturated heterocycles. The lowest BCUT2D eigenvalue weighted by Crippen LogP contribution is -2.25. The van der Waals surface area contributed by atoms with Crippen LogP contribution in [-0.2, 0) is 19.4 Å². The molecule has 2 aromatic heterocycles. The summed E-state index contributed by atoms with van der Waals surface area (Å²) < 4.78 is 1.41. The monoisotopic (exact) mass is 379 g/mol. The molecule has 0 unspecified atom stereocenters. The van der Waals surface area contributed by atoms with Crippen LogP contribution < -0.4 is 5.56 Å². The molecule has 0 fully saturated rings. The Hall–Kier alpha value is -1.43. The van der Waals surface area contributed by atoms with Crippen molar-refractivity contribution in [2.45, 2.75) is 32.7 Å². The third-order valence-electron chi connectivity index (χ3n) is 4.50. The Morgan fingerprint density at radius 3 is 2.96 bits per heavy atom. The predicted molar refractivity (Wildman–Crippen MR) is 98.4 cm³/mol. The van der Waals surface area contributed by atoms with Gasteiger partial charge in [-0.3, -0.25) is 4.79 Å². The highest BCUT2D eigenvalue weighted by Crippen LogP contribution is 2.35. The van der Waals surface area contributed by atoms with Crippen molar-refractivity contribution in [3.63, 3.8) is 0 Å². The second-order valence-electron chi connectivity index (χ2n) is 6.33. The Kier molecular flexibility index (Phi) is 4.11. The van der Waals surface area contributed by atoms with Crippen molar-refractivity contribution in [2.75, 3.05) is 0 Å². The molecule has 124 valence electrons. The maximum absolute atomic E-state index is 12.9. The van der Waals surface area contributed by atoms with Gasteiger partial charge in [0, 0.05) is 4.88 Å². The number of hydrogen-bond donors (Lipinski definition) is 0. The van der Waals surface area contributed by atoms with Crippen LogP contribution in [0.4, 0.5) is 0 Å². The van der Waals surface area contributed by atoms with Gasteiger partial charge in [0.15, 0.2) is 4.83 Å². The standard InChI is InChI=1S/C17H15Cl2N3OS/c1-9-2-4-11-14(6-9)24-16-15(11)17(23)22(21-20-16)8-10-3-5-12(18)13(19)7-10/h3,5,7,9H,2,4,6,8H2,1H3/t9-/m0/s1. The number of hydrogen-bond acceptors (Lipinski definition) is 4. The smallest absolute Gasteiger partial charge is 0.267 e. The van der Waals surface area contributed by atoms with E-state index < -0.39 is 0 Å². The molecule has 0 bridgehead atoms. The van der Waals surface area contributed by atoms with E-state index in [4.69, 9.17) is 23.2 Å². The van der Waals surface area contributed by atoms with Gasteiger partial charge in [0.05, 0.1) is 22.0 Å². The summed E-state index contributed by atoms with van der Waals surface area (Å²) in [6, 6.07) is 5.33. The lowest BCUT2D eigenvalue weighted by Gasteiger charge is -2.17. The molecule has 24 heavy (non-hydrogen) atoms. The maximum Gasteiger partial charge on any atom is 0.279 e. The molecule has 1 atom stereocenters. The molecule has 4 nitrogen and oxygen atoms in total. The molecule has 0 amide bonds. The molecule has 0 N–H and O–H groups in total. The van der Waals surface area contributed by atoms with Crippen molar-refractivity contribution >= 4 is 44.8 Å². The second-order valence-corrected chi connectivity index (χ2v) is 8.23. The number of aryl methyl sites for hydroxylation is 1. The Labute approximate surface area is 153 Å². The van der Waals surface area contributed by atoms with Gasteiger partial charge in [0.1, 0.15) is 0 Å². The first-order valence-corrected chi connectivity index (χ1v) is 9.42. The lowest BCUT2D eigenvalue weighted by molar-refractivity contribution is 0.508. The van der Waals surface area contributed by atoms with Crippen LogP contribution in [0.2, 0.25) is 10.0 Å². The summed E-state index contributed by atoms with van der Waals surface area (Å²) in [7, 11) is 0. The van der Waals surface area contributed by atoms with Crippen LogP contribution in [0.15, 0.2) is 23.0 Å². The quantitative estimate of drug-likeness (QED) is 0.665. The fourth-order valence-electron chi connectivity index (χ4n) is 3.21. The largest absolute Gasteiger partial charge is 0.279 e. The number of rotatable bonds is 2. The van der Waals surface area contributed by atoms with Crippen LogP contribution in [0.3, 0.4) is 0 Å². The summed E-state index contributed by atoms with van der Waals surface area (Å²) in [6.45, 7) is 2.58. The minimum Gasteiger partial charge on any atom is -0.267 e. The number of halogens is 2. The van der Waals surface area contributed by atoms with Crippen molar-refractivity contribution in [3.8, 4) is 0 Å². The Morgan fingerprint density at radius 2 is 2.17 bits per heavy atom. The van der Waals surface area contributed by atoms with E-state index in [1.54, 1.807) is 23.5 Å². The molecule has 3 aromatic rings. The van der Waals surface area contributed by atoms with E-state index in [1.807, 2.05) is 6.07 Å². The second kappa shape index (κ2) is 6.14. The summed E-state index contributed by atoms with van der Waals surface area (Å²) in [6.07, 6.45) is 3.10. The van der Waals surface area contributed by atoms with Gasteiger partial charge >= 0.3 is 0 Å². The molecule has 1 aliphatic carbocycles. The topological polar surface area (TPSA) is 47.8 Å². The number of benzene rings is 1. The average molecular weight is 380 g/mol. The van der Waals surface area contributed by atoms with Crippen molar-refractivity contribution in [2.24, 2.45) is 5.92 Å². The summed E-state index contributed by atoms with van der Waals surface area (Å²) >= 11 is 13.6. The van der Waals surface area contributed by atoms with Gasteiger partial charge in [-0.25, -0.2) is 4.68 Å². The average Bonchev–Trinajstić information content (AvgIpc) is 2.91. The van der Waals surface area contributed by atoms with E-state index >= 15 is 0 Å². The van der Waals surface area contributed by atoms with E-state index in [-0.39, 0.29) is 5.56 Å². The molecule has 0 spiro atoms. The lowest BCUT2D eigenvalue weighted by atomic mass is 9.89. The van der Waals surface area contributed by atoms with E-state index in [1.165, 1.54) is 15.1 Å². The molecule has 1 aromatic carbocycles. The number of nitrogens with zero attached hydrogens (tertiary/aromatic N) is 3. The predicted octanol–water partition coefficient (Wildman–Crippen LogP) is 4.33. The summed E-state index contributed by atoms with van der Waals surface area (Å²) in [5, 5.41) is 10.1. The fourth-order valence-corrected chi connectivity index (χ4v) is 4.85. The highest BCUT2D eigenvalue weighted by Gasteiger charge is 2.23. The third kappa shape index (κ3) is 2.75. The summed E-state index contributed by atoms with van der Waals surface area (Å²) in [5.41, 5.74) is 1.98. The first-order chi connectivity index (χ1) is 11.5. The minimum absolute atomic E-state index is 0.0712. The molecule has 1 aliphatic rings. The molecule has 0 radical (unpaired) electrons. The zero-order chi connectivity index (χ0) is 16.8. The van der Waals surface area contributed by atoms with Gasteiger partial charge in [-0.1, -0.05) is 41.4 Å². The van der Waals surface area contributed by atoms with Gasteiger partial charge in [-0.05, 0) is 48.4 Å². The summed E-state index contributed by atoms with van der Waals surface area (Å²) in [4.78, 5) is 15.0. The molecule has 4 rings (SSSR count). The fraction of sp³-hybridized carbons (Fsp3) is 0.353. The zero-order valence-electron chi connectivity index (χ0n) is 13.1. The summed E-state index contributed by atoms with van der Waals surface area (Å²) in [5.74, 6) is 0.664. The van der Waals surface area contributed by atoms with E-state index in [2.05, 4.69) is 17.2 Å². The molecular weight excluding hydrogens is 365 g/mol. The van der Waals surface area contributed by atoms with Crippen molar-refractivity contribution in [3.05, 3.63) is 54.6 Å². The highest BCUT2D eigenvalue weighted by molar-refractivity contribution is 7.18. The van der Waals surface area contributed by atoms with Crippen LogP contribution in [0.1, 0.15) is 29.3 Å². The van der Waals surface area contributed by atoms with Gasteiger partial charge in [0.2, 0.25) is 0 Å². The van der Waals surface area contributed by atoms with E-state index in [0.29, 0.717) is 22.5 Å². The maximum atomic E-state index is 12.9. The van der Waals surface area contributed by atoms with Crippen molar-refractivity contribution < 1.29 is 0 Å². The highest BCUT2D eigenvalue weighted by atomic mass is 35.5. The van der Waals surface area contributed by atoms with Gasteiger partial charge < -0.3 is 0 Å². The van der Waals surface area contributed by atoms with Crippen molar-refractivity contribution in [1.82, 2.24) is 15.0 Å². The normalized spacial score (nSPS) is 17.2. The molecule has 0 aliphatic heterocycles. The number of aromatic nitrogens is 3. The molecule has 0 saturated carbocycles. The van der Waals surface area contributed by atoms with E-state index in [9.17, 15) is 4.79 Å². The Balaban J connectivity index is 1.78. The van der Waals surface area contributed by atoms with Crippen LogP contribution in [0, 0.1) is 5.92 Å². The van der Waals surface area contributed by atoms with Crippen LogP contribution >= 0.6 is 34.5 Å². The SMILES string of the molecule is C[C@H]1CCc2c(sc3nnn(Cc4ccc(Cl)c(Cl)c4)c(=O)c23)C1. The molecular formula is C17H15Cl2N3OS. The Morgan fingerprint density at radius 1 is 1.33 bits per heavy atom. The van der Waals surface area contributed by atoms with Gasteiger partial charge in [-0.15, -0.1) is 16.4 Å². The van der Waals surface area contributed by atoms with Gasteiger partial charge in [-0.2, -0.15) is 0 Å². The van der Waals surface area contributed by atoms with Gasteiger partial charge in [0.25, 0.3) is 5.56 Å². The zero-order valence-corrected chi connectivity index (χ0v) is 15.4. The molecule has 7 heteroatoms. The van der Waals surface area contributed by atoms with Crippen LogP contribution in [-0.4, -0.2) is 15.0 Å². The Bertz CT molecular complexity index is 995. The third-order valence-corrected chi connectivity index (χ3v) is 6.38. The molecule has 2 heterocycles. The van der Waals surface area contributed by atoms with Crippen LogP contribution in [0.5, 0.6) is 0 Å². The van der Waals surface area contributed by atoms with E-state index in [0.717, 1.165) is 35.0 Å².